The van der Waals surface area contributed by atoms with Gasteiger partial charge in [0.2, 0.25) is 5.91 Å². The van der Waals surface area contributed by atoms with Crippen LogP contribution in [0.3, 0.4) is 0 Å². The van der Waals surface area contributed by atoms with Crippen molar-refractivity contribution in [2.24, 2.45) is 5.92 Å². The first-order chi connectivity index (χ1) is 9.76. The minimum absolute atomic E-state index is 0.138. The molecule has 0 radical (unpaired) electrons. The second-order valence-corrected chi connectivity index (χ2v) is 6.92. The molecule has 1 amide bonds. The Labute approximate surface area is 124 Å². The third-order valence-corrected chi connectivity index (χ3v) is 5.32. The number of carbonyl (C=O) groups is 1. The van der Waals surface area contributed by atoms with Gasteiger partial charge in [-0.15, -0.1) is 11.3 Å². The number of nitrogens with zero attached hydrogens (tertiary/aromatic N) is 2. The molecule has 0 aliphatic carbocycles. The topological polar surface area (TPSA) is 43.8 Å². The summed E-state index contributed by atoms with van der Waals surface area (Å²) in [4.78, 5) is 17.9. The quantitative estimate of drug-likeness (QED) is 0.916. The monoisotopic (exact) mass is 294 g/mol. The van der Waals surface area contributed by atoms with Crippen LogP contribution in [-0.2, 0) is 11.3 Å². The summed E-state index contributed by atoms with van der Waals surface area (Å²) in [6.45, 7) is 4.06. The third-order valence-electron chi connectivity index (χ3n) is 4.45. The molecule has 2 aliphatic heterocycles. The fourth-order valence-electron chi connectivity index (χ4n) is 3.30. The molecule has 110 valence electrons. The molecule has 4 nitrogen and oxygen atoms in total. The highest BCUT2D eigenvalue weighted by Crippen LogP contribution is 2.26. The molecule has 1 aromatic rings. The van der Waals surface area contributed by atoms with Gasteiger partial charge >= 0.3 is 0 Å². The van der Waals surface area contributed by atoms with E-state index in [0.29, 0.717) is 12.5 Å². The largest absolute Gasteiger partial charge is 0.396 e. The van der Waals surface area contributed by atoms with E-state index in [-0.39, 0.29) is 18.4 Å². The number of rotatable bonds is 4. The predicted octanol–water partition coefficient (Wildman–Crippen LogP) is 1.55. The molecule has 1 atom stereocenters. The van der Waals surface area contributed by atoms with E-state index in [1.165, 1.54) is 4.88 Å². The average molecular weight is 294 g/mol. The number of aliphatic hydroxyl groups is 1. The Morgan fingerprint density at radius 1 is 1.35 bits per heavy atom. The van der Waals surface area contributed by atoms with Gasteiger partial charge < -0.3 is 10.0 Å². The van der Waals surface area contributed by atoms with E-state index in [1.54, 1.807) is 0 Å². The molecule has 0 spiro atoms. The third kappa shape index (κ3) is 3.05. The van der Waals surface area contributed by atoms with Gasteiger partial charge in [-0.1, -0.05) is 6.07 Å². The number of carbonyl (C=O) groups excluding carboxylic acids is 1. The Bertz CT molecular complexity index is 441. The Kier molecular flexibility index (Phi) is 4.38. The predicted molar refractivity (Wildman–Crippen MR) is 79.5 cm³/mol. The number of likely N-dealkylation sites (tertiary alicyclic amines) is 2. The summed E-state index contributed by atoms with van der Waals surface area (Å²) in [5.41, 5.74) is 0. The molecule has 1 aromatic heterocycles. The zero-order chi connectivity index (χ0) is 13.9. The van der Waals surface area contributed by atoms with Gasteiger partial charge in [0.05, 0.1) is 0 Å². The van der Waals surface area contributed by atoms with Crippen LogP contribution >= 0.6 is 11.3 Å². The van der Waals surface area contributed by atoms with Crippen molar-refractivity contribution < 1.29 is 9.90 Å². The standard InChI is InChI=1S/C15H22N2O2S/c18-11-12-8-15(19)17(9-12)13-3-5-16(6-4-13)10-14-2-1-7-20-14/h1-2,7,12-13,18H,3-6,8-11H2. The van der Waals surface area contributed by atoms with Crippen LogP contribution in [0.1, 0.15) is 24.1 Å². The molecule has 1 N–H and O–H groups in total. The lowest BCUT2D eigenvalue weighted by atomic mass is 10.0. The number of aliphatic hydroxyl groups excluding tert-OH is 1. The van der Waals surface area contributed by atoms with Crippen LogP contribution in [0.5, 0.6) is 0 Å². The minimum atomic E-state index is 0.138. The maximum absolute atomic E-state index is 12.0. The van der Waals surface area contributed by atoms with Gasteiger partial charge in [0.1, 0.15) is 0 Å². The van der Waals surface area contributed by atoms with Crippen molar-refractivity contribution in [3.8, 4) is 0 Å². The Morgan fingerprint density at radius 2 is 2.15 bits per heavy atom. The maximum Gasteiger partial charge on any atom is 0.223 e. The summed E-state index contributed by atoms with van der Waals surface area (Å²) in [5, 5.41) is 11.3. The van der Waals surface area contributed by atoms with E-state index < -0.39 is 0 Å². The molecule has 2 saturated heterocycles. The first-order valence-electron chi connectivity index (χ1n) is 7.41. The van der Waals surface area contributed by atoms with Gasteiger partial charge in [-0.3, -0.25) is 9.69 Å². The lowest BCUT2D eigenvalue weighted by Gasteiger charge is -2.36. The SMILES string of the molecule is O=C1CC(CO)CN1C1CCN(Cc2cccs2)CC1. The van der Waals surface area contributed by atoms with Crippen molar-refractivity contribution in [3.05, 3.63) is 22.4 Å². The molecule has 1 unspecified atom stereocenters. The van der Waals surface area contributed by atoms with Crippen LogP contribution in [-0.4, -0.2) is 53.1 Å². The highest BCUT2D eigenvalue weighted by Gasteiger charge is 2.35. The van der Waals surface area contributed by atoms with Crippen LogP contribution in [0.15, 0.2) is 17.5 Å². The zero-order valence-corrected chi connectivity index (χ0v) is 12.5. The summed E-state index contributed by atoms with van der Waals surface area (Å²) in [7, 11) is 0. The zero-order valence-electron chi connectivity index (χ0n) is 11.7. The highest BCUT2D eigenvalue weighted by atomic mass is 32.1. The van der Waals surface area contributed by atoms with Gasteiger partial charge in [0.25, 0.3) is 0 Å². The molecular formula is C15H22N2O2S. The molecule has 3 rings (SSSR count). The van der Waals surface area contributed by atoms with E-state index in [2.05, 4.69) is 22.4 Å². The van der Waals surface area contributed by atoms with Crippen molar-refractivity contribution in [1.29, 1.82) is 0 Å². The summed E-state index contributed by atoms with van der Waals surface area (Å²) in [6.07, 6.45) is 2.66. The van der Waals surface area contributed by atoms with E-state index >= 15 is 0 Å². The fourth-order valence-corrected chi connectivity index (χ4v) is 4.04. The van der Waals surface area contributed by atoms with Crippen LogP contribution in [0.25, 0.3) is 0 Å². The van der Waals surface area contributed by atoms with Crippen molar-refractivity contribution in [2.45, 2.75) is 31.8 Å². The van der Waals surface area contributed by atoms with Crippen molar-refractivity contribution >= 4 is 17.2 Å². The highest BCUT2D eigenvalue weighted by molar-refractivity contribution is 7.09. The van der Waals surface area contributed by atoms with Crippen LogP contribution in [0.2, 0.25) is 0 Å². The smallest absolute Gasteiger partial charge is 0.223 e. The molecule has 0 bridgehead atoms. The van der Waals surface area contributed by atoms with Crippen LogP contribution in [0.4, 0.5) is 0 Å². The molecule has 2 aliphatic rings. The van der Waals surface area contributed by atoms with Crippen molar-refractivity contribution in [3.63, 3.8) is 0 Å². The lowest BCUT2D eigenvalue weighted by molar-refractivity contribution is -0.130. The van der Waals surface area contributed by atoms with E-state index in [9.17, 15) is 9.90 Å². The first kappa shape index (κ1) is 14.0. The second-order valence-electron chi connectivity index (χ2n) is 5.89. The van der Waals surface area contributed by atoms with Gasteiger partial charge in [-0.2, -0.15) is 0 Å². The fraction of sp³-hybridized carbons (Fsp3) is 0.667. The normalized spacial score (nSPS) is 25.6. The van der Waals surface area contributed by atoms with Gasteiger partial charge in [0.15, 0.2) is 0 Å². The summed E-state index contributed by atoms with van der Waals surface area (Å²) >= 11 is 1.81. The van der Waals surface area contributed by atoms with Crippen LogP contribution in [0, 0.1) is 5.92 Å². The van der Waals surface area contributed by atoms with E-state index in [4.69, 9.17) is 0 Å². The summed E-state index contributed by atoms with van der Waals surface area (Å²) in [6, 6.07) is 4.68. The summed E-state index contributed by atoms with van der Waals surface area (Å²) in [5.74, 6) is 0.396. The van der Waals surface area contributed by atoms with Gasteiger partial charge in [-0.25, -0.2) is 0 Å². The molecule has 0 aromatic carbocycles. The van der Waals surface area contributed by atoms with Crippen molar-refractivity contribution in [2.75, 3.05) is 26.2 Å². The van der Waals surface area contributed by atoms with Crippen LogP contribution < -0.4 is 0 Å². The molecule has 0 saturated carbocycles. The maximum atomic E-state index is 12.0. The lowest BCUT2D eigenvalue weighted by Crippen LogP contribution is -2.45. The van der Waals surface area contributed by atoms with Gasteiger partial charge in [0, 0.05) is 56.0 Å². The minimum Gasteiger partial charge on any atom is -0.396 e. The Hall–Kier alpha value is -0.910. The van der Waals surface area contributed by atoms with E-state index in [0.717, 1.165) is 39.0 Å². The molecule has 5 heteroatoms. The second kappa shape index (κ2) is 6.24. The molecule has 2 fully saturated rings. The van der Waals surface area contributed by atoms with Gasteiger partial charge in [-0.05, 0) is 24.3 Å². The Balaban J connectivity index is 1.50. The Morgan fingerprint density at radius 3 is 2.75 bits per heavy atom. The summed E-state index contributed by atoms with van der Waals surface area (Å²) < 4.78 is 0. The number of piperidine rings is 1. The first-order valence-corrected chi connectivity index (χ1v) is 8.29. The average Bonchev–Trinajstić information content (AvgIpc) is 3.09. The number of thiophene rings is 1. The molecule has 20 heavy (non-hydrogen) atoms. The van der Waals surface area contributed by atoms with Crippen molar-refractivity contribution in [1.82, 2.24) is 9.80 Å². The number of hydrogen-bond donors (Lipinski definition) is 1. The number of amides is 1. The molecule has 3 heterocycles. The van der Waals surface area contributed by atoms with E-state index in [1.807, 2.05) is 16.2 Å². The number of hydrogen-bond acceptors (Lipinski definition) is 4. The molecular weight excluding hydrogens is 272 g/mol.